The highest BCUT2D eigenvalue weighted by Gasteiger charge is 2.17. The molecule has 6 heteroatoms. The van der Waals surface area contributed by atoms with Crippen LogP contribution in [-0.2, 0) is 16.1 Å². The first-order valence-corrected chi connectivity index (χ1v) is 10.2. The predicted octanol–water partition coefficient (Wildman–Crippen LogP) is 4.27. The molecule has 0 spiro atoms. The van der Waals surface area contributed by atoms with Crippen molar-refractivity contribution in [2.24, 2.45) is 0 Å². The first kappa shape index (κ1) is 17.8. The fourth-order valence-electron chi connectivity index (χ4n) is 4.05. The Morgan fingerprint density at radius 2 is 1.55 bits per heavy atom. The van der Waals surface area contributed by atoms with Gasteiger partial charge in [-0.05, 0) is 41.5 Å². The Balaban J connectivity index is 1.79. The van der Waals surface area contributed by atoms with Crippen LogP contribution in [0.1, 0.15) is 13.3 Å². The molecule has 0 unspecified atom stereocenters. The van der Waals surface area contributed by atoms with Crippen LogP contribution in [0.15, 0.2) is 58.1 Å². The van der Waals surface area contributed by atoms with Gasteiger partial charge >= 0.3 is 5.97 Å². The van der Waals surface area contributed by atoms with E-state index in [1.165, 1.54) is 16.2 Å². The lowest BCUT2D eigenvalue weighted by molar-refractivity contribution is -0.141. The lowest BCUT2D eigenvalue weighted by Gasteiger charge is -2.14. The number of ether oxygens (including phenoxy) is 1. The third kappa shape index (κ3) is 2.71. The summed E-state index contributed by atoms with van der Waals surface area (Å²) in [6, 6.07) is 15.8. The molecule has 0 saturated carbocycles. The Kier molecular flexibility index (Phi) is 4.10. The molecule has 5 aromatic rings. The fraction of sp³-hybridized carbons (Fsp3) is 0.174. The van der Waals surface area contributed by atoms with Crippen molar-refractivity contribution in [3.05, 3.63) is 69.2 Å². The van der Waals surface area contributed by atoms with Gasteiger partial charge in [-0.15, -0.1) is 11.3 Å². The van der Waals surface area contributed by atoms with Crippen LogP contribution in [-0.4, -0.2) is 17.1 Å². The average molecular weight is 403 g/mol. The topological polar surface area (TPSA) is 65.4 Å². The summed E-state index contributed by atoms with van der Waals surface area (Å²) in [5, 5.41) is 5.00. The molecule has 0 atom stereocenters. The Labute approximate surface area is 169 Å². The third-order valence-electron chi connectivity index (χ3n) is 5.30. The van der Waals surface area contributed by atoms with Gasteiger partial charge in [-0.2, -0.15) is 0 Å². The summed E-state index contributed by atoms with van der Waals surface area (Å²) >= 11 is 1.67. The Bertz CT molecular complexity index is 1500. The van der Waals surface area contributed by atoms with E-state index in [4.69, 9.17) is 4.74 Å². The summed E-state index contributed by atoms with van der Waals surface area (Å²) in [6.07, 6.45) is 0.412. The number of benzene rings is 3. The number of fused-ring (bicyclic) bond motifs is 2. The Morgan fingerprint density at radius 1 is 0.862 bits per heavy atom. The molecule has 0 N–H and O–H groups in total. The minimum atomic E-state index is -0.372. The van der Waals surface area contributed by atoms with Crippen LogP contribution in [0.2, 0.25) is 0 Å². The first-order chi connectivity index (χ1) is 14.1. The molecule has 0 saturated heterocycles. The van der Waals surface area contributed by atoms with E-state index in [2.05, 4.69) is 12.1 Å². The number of pyridine rings is 1. The molecule has 29 heavy (non-hydrogen) atoms. The summed E-state index contributed by atoms with van der Waals surface area (Å²) < 4.78 is 8.41. The van der Waals surface area contributed by atoms with Crippen molar-refractivity contribution in [3.8, 4) is 0 Å². The molecule has 5 rings (SSSR count). The average Bonchev–Trinajstić information content (AvgIpc) is 2.72. The van der Waals surface area contributed by atoms with Crippen molar-refractivity contribution < 1.29 is 9.53 Å². The maximum Gasteiger partial charge on any atom is 0.302 e. The minimum absolute atomic E-state index is 0.181. The largest absolute Gasteiger partial charge is 0.466 e. The van der Waals surface area contributed by atoms with Gasteiger partial charge in [-0.3, -0.25) is 19.0 Å². The van der Waals surface area contributed by atoms with Crippen LogP contribution in [0.5, 0.6) is 0 Å². The summed E-state index contributed by atoms with van der Waals surface area (Å²) in [5.41, 5.74) is -0.587. The van der Waals surface area contributed by atoms with Crippen molar-refractivity contribution >= 4 is 59.0 Å². The van der Waals surface area contributed by atoms with E-state index in [1.54, 1.807) is 11.3 Å². The number of carbonyl (C=O) groups excluding carboxylic acids is 1. The molecular weight excluding hydrogens is 386 g/mol. The quantitative estimate of drug-likeness (QED) is 0.195. The molecule has 2 heterocycles. The summed E-state index contributed by atoms with van der Waals surface area (Å²) in [7, 11) is 0. The Morgan fingerprint density at radius 3 is 2.31 bits per heavy atom. The monoisotopic (exact) mass is 403 g/mol. The maximum atomic E-state index is 13.1. The highest BCUT2D eigenvalue weighted by molar-refractivity contribution is 7.25. The van der Waals surface area contributed by atoms with E-state index in [1.807, 2.05) is 36.4 Å². The van der Waals surface area contributed by atoms with Gasteiger partial charge in [0.25, 0.3) is 11.1 Å². The standard InChI is InChI=1S/C23H17NO4S/c1-13(25)28-12-4-11-24-22(26)16-8-7-15-14-5-2-3-6-18(14)29-19-10-9-17(23(24)27)20(16)21(15)19/h2-3,5-10H,4,11-12H2,1H3. The van der Waals surface area contributed by atoms with Crippen LogP contribution < -0.4 is 11.1 Å². The Hall–Kier alpha value is -3.25. The van der Waals surface area contributed by atoms with Gasteiger partial charge in [-0.25, -0.2) is 0 Å². The molecule has 0 radical (unpaired) electrons. The summed E-state index contributed by atoms with van der Waals surface area (Å²) in [4.78, 5) is 37.1. The second-order valence-electron chi connectivity index (χ2n) is 7.08. The highest BCUT2D eigenvalue weighted by atomic mass is 32.1. The number of aromatic nitrogens is 1. The van der Waals surface area contributed by atoms with Crippen molar-refractivity contribution in [1.82, 2.24) is 4.57 Å². The number of hydrogen-bond acceptors (Lipinski definition) is 5. The summed E-state index contributed by atoms with van der Waals surface area (Å²) in [6.45, 7) is 1.73. The molecule has 0 aliphatic carbocycles. The van der Waals surface area contributed by atoms with Gasteiger partial charge in [0.05, 0.1) is 6.61 Å². The molecular formula is C23H17NO4S. The fourth-order valence-corrected chi connectivity index (χ4v) is 5.17. The van der Waals surface area contributed by atoms with Crippen LogP contribution >= 0.6 is 11.3 Å². The van der Waals surface area contributed by atoms with E-state index in [-0.39, 0.29) is 30.2 Å². The van der Waals surface area contributed by atoms with Crippen molar-refractivity contribution in [3.63, 3.8) is 0 Å². The zero-order valence-electron chi connectivity index (χ0n) is 15.7. The molecule has 0 aliphatic rings. The van der Waals surface area contributed by atoms with E-state index in [0.29, 0.717) is 17.2 Å². The van der Waals surface area contributed by atoms with E-state index >= 15 is 0 Å². The second-order valence-corrected chi connectivity index (χ2v) is 8.16. The number of esters is 1. The molecule has 144 valence electrons. The number of carbonyl (C=O) groups is 1. The van der Waals surface area contributed by atoms with Crippen LogP contribution in [0.25, 0.3) is 41.7 Å². The third-order valence-corrected chi connectivity index (χ3v) is 6.44. The smallest absolute Gasteiger partial charge is 0.302 e. The predicted molar refractivity (Wildman–Crippen MR) is 117 cm³/mol. The minimum Gasteiger partial charge on any atom is -0.466 e. The lowest BCUT2D eigenvalue weighted by Crippen LogP contribution is -2.33. The van der Waals surface area contributed by atoms with Gasteiger partial charge in [0.2, 0.25) is 0 Å². The maximum absolute atomic E-state index is 13.1. The second kappa shape index (κ2) is 6.67. The zero-order chi connectivity index (χ0) is 20.1. The molecule has 0 bridgehead atoms. The molecule has 0 amide bonds. The van der Waals surface area contributed by atoms with Crippen molar-refractivity contribution in [1.29, 1.82) is 0 Å². The van der Waals surface area contributed by atoms with Crippen molar-refractivity contribution in [2.75, 3.05) is 6.61 Å². The van der Waals surface area contributed by atoms with Crippen LogP contribution in [0.4, 0.5) is 0 Å². The van der Waals surface area contributed by atoms with E-state index in [0.717, 1.165) is 26.2 Å². The molecule has 0 fully saturated rings. The first-order valence-electron chi connectivity index (χ1n) is 9.43. The number of nitrogens with zero attached hydrogens (tertiary/aromatic N) is 1. The van der Waals surface area contributed by atoms with Gasteiger partial charge < -0.3 is 4.74 Å². The van der Waals surface area contributed by atoms with Gasteiger partial charge in [0.1, 0.15) is 0 Å². The molecule has 2 aromatic heterocycles. The van der Waals surface area contributed by atoms with E-state index < -0.39 is 0 Å². The van der Waals surface area contributed by atoms with Gasteiger partial charge in [0.15, 0.2) is 0 Å². The highest BCUT2D eigenvalue weighted by Crippen LogP contribution is 2.39. The summed E-state index contributed by atoms with van der Waals surface area (Å²) in [5.74, 6) is -0.372. The van der Waals surface area contributed by atoms with E-state index in [9.17, 15) is 14.4 Å². The van der Waals surface area contributed by atoms with Gasteiger partial charge in [0, 0.05) is 44.4 Å². The molecule has 5 nitrogen and oxygen atoms in total. The van der Waals surface area contributed by atoms with Crippen LogP contribution in [0.3, 0.4) is 0 Å². The zero-order valence-corrected chi connectivity index (χ0v) is 16.5. The van der Waals surface area contributed by atoms with Gasteiger partial charge in [-0.1, -0.05) is 24.3 Å². The van der Waals surface area contributed by atoms with Crippen molar-refractivity contribution in [2.45, 2.75) is 19.9 Å². The number of hydrogen-bond donors (Lipinski definition) is 0. The SMILES string of the molecule is CC(=O)OCCCn1c(=O)c2ccc3sc4ccccc4c4ccc(c1=O)c2c34. The van der Waals surface area contributed by atoms with Crippen LogP contribution in [0, 0.1) is 0 Å². The normalized spacial score (nSPS) is 11.8. The molecule has 0 aliphatic heterocycles. The molecule has 3 aromatic carbocycles. The number of rotatable bonds is 4. The lowest BCUT2D eigenvalue weighted by atomic mass is 9.98.